The molecule has 2 N–H and O–H groups in total. The maximum Gasteiger partial charge on any atom is 0.174 e. The Hall–Kier alpha value is -3.82. The Morgan fingerprint density at radius 2 is 1.85 bits per heavy atom. The van der Waals surface area contributed by atoms with E-state index in [1.54, 1.807) is 6.07 Å². The highest BCUT2D eigenvalue weighted by Crippen LogP contribution is 2.35. The summed E-state index contributed by atoms with van der Waals surface area (Å²) in [6, 6.07) is 15.8. The molecule has 40 heavy (non-hydrogen) atoms. The van der Waals surface area contributed by atoms with Gasteiger partial charge in [-0.2, -0.15) is 5.21 Å². The molecule has 0 radical (unpaired) electrons. The van der Waals surface area contributed by atoms with Gasteiger partial charge in [0.05, 0.1) is 6.61 Å². The molecule has 8 nitrogen and oxygen atoms in total. The van der Waals surface area contributed by atoms with Crippen LogP contribution in [-0.4, -0.2) is 45.7 Å². The van der Waals surface area contributed by atoms with Gasteiger partial charge in [-0.3, -0.25) is 0 Å². The smallest absolute Gasteiger partial charge is 0.174 e. The number of rotatable bonds is 10. The lowest BCUT2D eigenvalue weighted by atomic mass is 9.90. The molecule has 5 rings (SSSR count). The number of nitrogens with one attached hydrogen (secondary N) is 2. The topological polar surface area (TPSA) is 94.2 Å². The molecule has 0 spiro atoms. The Balaban J connectivity index is 1.25. The largest absolute Gasteiger partial charge is 0.491 e. The molecule has 1 saturated heterocycles. The molecule has 0 amide bonds. The average Bonchev–Trinajstić information content (AvgIpc) is 3.56. The minimum Gasteiger partial charge on any atom is -0.491 e. The van der Waals surface area contributed by atoms with Gasteiger partial charge < -0.3 is 19.5 Å². The molecule has 3 aromatic carbocycles. The zero-order chi connectivity index (χ0) is 28.3. The molecule has 0 saturated carbocycles. The van der Waals surface area contributed by atoms with Crippen LogP contribution in [0.25, 0.3) is 11.1 Å². The fraction of sp³-hybridized carbons (Fsp3) is 0.387. The van der Waals surface area contributed by atoms with E-state index in [0.717, 1.165) is 28.1 Å². The number of hydrogen-bond acceptors (Lipinski definition) is 7. The highest BCUT2D eigenvalue weighted by atomic mass is 19.1. The van der Waals surface area contributed by atoms with Crippen molar-refractivity contribution in [3.8, 4) is 16.9 Å². The van der Waals surface area contributed by atoms with Crippen molar-refractivity contribution in [3.63, 3.8) is 0 Å². The standard InChI is InChI=1S/C31H36FN5O3/c1-19-13-25(38-17-26-18-39-31(4,5)40-26)14-20(2)30(19)27-8-6-7-23(21(27)3)16-33-24-11-9-22(28(32)15-24)10-12-29-34-36-37-35-29/h6-9,11,13-15,26,33H,10,12,16-18H2,1-5H3,(H,34,35,36,37)/t26-/m1/s1. The lowest BCUT2D eigenvalue weighted by Gasteiger charge is -2.19. The molecule has 9 heteroatoms. The van der Waals surface area contributed by atoms with E-state index < -0.39 is 5.79 Å². The van der Waals surface area contributed by atoms with E-state index >= 15 is 0 Å². The monoisotopic (exact) mass is 545 g/mol. The van der Waals surface area contributed by atoms with Gasteiger partial charge in [0.15, 0.2) is 11.6 Å². The molecule has 1 atom stereocenters. The Morgan fingerprint density at radius 1 is 1.05 bits per heavy atom. The number of anilines is 1. The summed E-state index contributed by atoms with van der Waals surface area (Å²) in [5, 5.41) is 17.2. The van der Waals surface area contributed by atoms with Gasteiger partial charge in [-0.15, -0.1) is 10.2 Å². The van der Waals surface area contributed by atoms with Crippen LogP contribution in [0.5, 0.6) is 5.75 Å². The average molecular weight is 546 g/mol. The predicted octanol–water partition coefficient (Wildman–Crippen LogP) is 5.86. The molecular weight excluding hydrogens is 509 g/mol. The Labute approximate surface area is 234 Å². The Bertz CT molecular complexity index is 1450. The van der Waals surface area contributed by atoms with Crippen molar-refractivity contribution in [2.45, 2.75) is 65.9 Å². The molecule has 1 aliphatic rings. The van der Waals surface area contributed by atoms with Crippen LogP contribution in [0.4, 0.5) is 10.1 Å². The number of ether oxygens (including phenoxy) is 3. The van der Waals surface area contributed by atoms with Crippen molar-refractivity contribution in [2.75, 3.05) is 18.5 Å². The van der Waals surface area contributed by atoms with Crippen LogP contribution in [0.15, 0.2) is 48.5 Å². The summed E-state index contributed by atoms with van der Waals surface area (Å²) in [5.41, 5.74) is 8.36. The first kappa shape index (κ1) is 27.7. The van der Waals surface area contributed by atoms with Crippen LogP contribution in [0.1, 0.15) is 47.5 Å². The van der Waals surface area contributed by atoms with Crippen LogP contribution in [0.2, 0.25) is 0 Å². The predicted molar refractivity (Wildman–Crippen MR) is 152 cm³/mol. The first-order valence-corrected chi connectivity index (χ1v) is 13.6. The van der Waals surface area contributed by atoms with E-state index in [2.05, 4.69) is 77.0 Å². The number of tetrazole rings is 1. The highest BCUT2D eigenvalue weighted by molar-refractivity contribution is 5.75. The third kappa shape index (κ3) is 6.48. The van der Waals surface area contributed by atoms with Gasteiger partial charge >= 0.3 is 0 Å². The van der Waals surface area contributed by atoms with Crippen LogP contribution in [0.3, 0.4) is 0 Å². The minimum atomic E-state index is -0.560. The summed E-state index contributed by atoms with van der Waals surface area (Å²) in [6.45, 7) is 11.7. The number of H-pyrrole nitrogens is 1. The third-order valence-electron chi connectivity index (χ3n) is 7.27. The normalized spacial score (nSPS) is 16.3. The third-order valence-corrected chi connectivity index (χ3v) is 7.27. The summed E-state index contributed by atoms with van der Waals surface area (Å²) in [5.74, 6) is 0.589. The van der Waals surface area contributed by atoms with Gasteiger partial charge in [0.2, 0.25) is 0 Å². The van der Waals surface area contributed by atoms with Crippen LogP contribution < -0.4 is 10.1 Å². The second-order valence-electron chi connectivity index (χ2n) is 10.8. The van der Waals surface area contributed by atoms with Gasteiger partial charge in [-0.05, 0) is 104 Å². The summed E-state index contributed by atoms with van der Waals surface area (Å²) < 4.78 is 32.3. The van der Waals surface area contributed by atoms with Crippen molar-refractivity contribution in [2.24, 2.45) is 0 Å². The van der Waals surface area contributed by atoms with Crippen LogP contribution >= 0.6 is 0 Å². The molecule has 1 aliphatic heterocycles. The number of aryl methyl sites for hydroxylation is 4. The van der Waals surface area contributed by atoms with Gasteiger partial charge in [0, 0.05) is 18.7 Å². The molecule has 1 fully saturated rings. The maximum absolute atomic E-state index is 14.7. The summed E-state index contributed by atoms with van der Waals surface area (Å²) in [6.07, 6.45) is 0.958. The highest BCUT2D eigenvalue weighted by Gasteiger charge is 2.33. The first-order chi connectivity index (χ1) is 19.2. The zero-order valence-electron chi connectivity index (χ0n) is 23.7. The molecule has 0 aliphatic carbocycles. The van der Waals surface area contributed by atoms with Gasteiger partial charge in [-0.1, -0.05) is 29.5 Å². The van der Waals surface area contributed by atoms with Crippen molar-refractivity contribution >= 4 is 5.69 Å². The van der Waals surface area contributed by atoms with Crippen molar-refractivity contribution in [3.05, 3.63) is 88.0 Å². The molecule has 210 valence electrons. The van der Waals surface area contributed by atoms with E-state index in [4.69, 9.17) is 14.2 Å². The zero-order valence-corrected chi connectivity index (χ0v) is 23.7. The number of aromatic amines is 1. The van der Waals surface area contributed by atoms with Crippen LogP contribution in [-0.2, 0) is 28.9 Å². The molecule has 0 unspecified atom stereocenters. The number of hydrogen-bond donors (Lipinski definition) is 2. The molecule has 0 bridgehead atoms. The second-order valence-corrected chi connectivity index (χ2v) is 10.8. The fourth-order valence-corrected chi connectivity index (χ4v) is 5.20. The summed E-state index contributed by atoms with van der Waals surface area (Å²) >= 11 is 0. The number of nitrogens with zero attached hydrogens (tertiary/aromatic N) is 3. The Morgan fingerprint density at radius 3 is 2.52 bits per heavy atom. The molecule has 1 aromatic heterocycles. The second kappa shape index (κ2) is 11.7. The van der Waals surface area contributed by atoms with Gasteiger partial charge in [0.25, 0.3) is 0 Å². The van der Waals surface area contributed by atoms with Crippen molar-refractivity contribution in [1.29, 1.82) is 0 Å². The molecule has 4 aromatic rings. The Kier molecular flexibility index (Phi) is 8.14. The number of aromatic nitrogens is 4. The number of benzene rings is 3. The van der Waals surface area contributed by atoms with E-state index in [-0.39, 0.29) is 11.9 Å². The van der Waals surface area contributed by atoms with Crippen molar-refractivity contribution in [1.82, 2.24) is 20.6 Å². The van der Waals surface area contributed by atoms with E-state index in [1.807, 2.05) is 26.0 Å². The van der Waals surface area contributed by atoms with E-state index in [1.165, 1.54) is 16.7 Å². The van der Waals surface area contributed by atoms with Gasteiger partial charge in [0.1, 0.15) is 24.3 Å². The lowest BCUT2D eigenvalue weighted by Crippen LogP contribution is -2.25. The SMILES string of the molecule is Cc1cc(OC[C@@H]2COC(C)(C)O2)cc(C)c1-c1cccc(CNc2ccc(CCc3nn[nH]n3)c(F)c2)c1C. The molecular formula is C31H36FN5O3. The quantitative estimate of drug-likeness (QED) is 0.258. The van der Waals surface area contributed by atoms with Gasteiger partial charge in [-0.25, -0.2) is 4.39 Å². The van der Waals surface area contributed by atoms with E-state index in [9.17, 15) is 4.39 Å². The van der Waals surface area contributed by atoms with Crippen LogP contribution in [0, 0.1) is 26.6 Å². The maximum atomic E-state index is 14.7. The molecule has 2 heterocycles. The first-order valence-electron chi connectivity index (χ1n) is 13.6. The number of halogens is 1. The van der Waals surface area contributed by atoms with Crippen molar-refractivity contribution < 1.29 is 18.6 Å². The summed E-state index contributed by atoms with van der Waals surface area (Å²) in [4.78, 5) is 0. The summed E-state index contributed by atoms with van der Waals surface area (Å²) in [7, 11) is 0. The van der Waals surface area contributed by atoms with E-state index in [0.29, 0.717) is 44.0 Å². The fourth-order valence-electron chi connectivity index (χ4n) is 5.20. The minimum absolute atomic E-state index is 0.0805. The lowest BCUT2D eigenvalue weighted by molar-refractivity contribution is -0.141.